The molecule has 1 N–H and O–H groups in total. The van der Waals surface area contributed by atoms with E-state index in [9.17, 15) is 4.79 Å². The Morgan fingerprint density at radius 1 is 1.52 bits per heavy atom. The summed E-state index contributed by atoms with van der Waals surface area (Å²) in [6.07, 6.45) is 4.03. The molecule has 0 bridgehead atoms. The zero-order valence-corrected chi connectivity index (χ0v) is 13.0. The van der Waals surface area contributed by atoms with Crippen LogP contribution < -0.4 is 10.2 Å². The van der Waals surface area contributed by atoms with Crippen molar-refractivity contribution in [3.05, 3.63) is 46.4 Å². The van der Waals surface area contributed by atoms with Gasteiger partial charge in [0.2, 0.25) is 0 Å². The number of nitrogens with one attached hydrogen (secondary N) is 1. The predicted octanol–water partition coefficient (Wildman–Crippen LogP) is 3.20. The summed E-state index contributed by atoms with van der Waals surface area (Å²) >= 11 is 7.55. The number of hydrogen-bond donors (Lipinski definition) is 1. The van der Waals surface area contributed by atoms with Crippen LogP contribution in [0.25, 0.3) is 0 Å². The van der Waals surface area contributed by atoms with Gasteiger partial charge in [0.1, 0.15) is 0 Å². The van der Waals surface area contributed by atoms with Crippen LogP contribution in [0.5, 0.6) is 0 Å². The van der Waals surface area contributed by atoms with Gasteiger partial charge in [0.15, 0.2) is 5.13 Å². The van der Waals surface area contributed by atoms with Crippen LogP contribution in [0.3, 0.4) is 0 Å². The summed E-state index contributed by atoms with van der Waals surface area (Å²) in [6, 6.07) is 7.33. The van der Waals surface area contributed by atoms with Gasteiger partial charge in [-0.25, -0.2) is 4.98 Å². The summed E-state index contributed by atoms with van der Waals surface area (Å²) < 4.78 is 0. The molecule has 1 aliphatic heterocycles. The fourth-order valence-corrected chi connectivity index (χ4v) is 3.53. The average molecular weight is 322 g/mol. The molecule has 6 heteroatoms. The normalized spacial score (nSPS) is 18.0. The van der Waals surface area contributed by atoms with Crippen LogP contribution in [0.4, 0.5) is 5.13 Å². The molecular weight excluding hydrogens is 306 g/mol. The van der Waals surface area contributed by atoms with Gasteiger partial charge >= 0.3 is 0 Å². The van der Waals surface area contributed by atoms with Crippen molar-refractivity contribution in [1.29, 1.82) is 0 Å². The van der Waals surface area contributed by atoms with Crippen LogP contribution >= 0.6 is 22.9 Å². The van der Waals surface area contributed by atoms with Crippen LogP contribution in [0.15, 0.2) is 35.8 Å². The minimum absolute atomic E-state index is 0.0801. The first kappa shape index (κ1) is 14.4. The van der Waals surface area contributed by atoms with Crippen molar-refractivity contribution in [2.24, 2.45) is 0 Å². The third-order valence-electron chi connectivity index (χ3n) is 3.63. The molecule has 1 unspecified atom stereocenters. The molecule has 2 heterocycles. The quantitative estimate of drug-likeness (QED) is 0.940. The molecule has 1 aromatic carbocycles. The fraction of sp³-hybridized carbons (Fsp3) is 0.333. The van der Waals surface area contributed by atoms with Gasteiger partial charge in [0, 0.05) is 41.3 Å². The van der Waals surface area contributed by atoms with E-state index >= 15 is 0 Å². The van der Waals surface area contributed by atoms with Gasteiger partial charge in [-0.05, 0) is 31.0 Å². The Labute approximate surface area is 132 Å². The highest BCUT2D eigenvalue weighted by Gasteiger charge is 2.26. The smallest absolute Gasteiger partial charge is 0.251 e. The van der Waals surface area contributed by atoms with Gasteiger partial charge in [0.05, 0.1) is 0 Å². The van der Waals surface area contributed by atoms with Crippen molar-refractivity contribution in [3.8, 4) is 0 Å². The van der Waals surface area contributed by atoms with E-state index in [-0.39, 0.29) is 5.91 Å². The number of rotatable bonds is 4. The van der Waals surface area contributed by atoms with Crippen LogP contribution in [-0.2, 0) is 0 Å². The van der Waals surface area contributed by atoms with E-state index in [2.05, 4.69) is 15.2 Å². The second-order valence-corrected chi connectivity index (χ2v) is 6.33. The second kappa shape index (κ2) is 6.45. The molecule has 1 atom stereocenters. The number of thiazole rings is 1. The standard InChI is InChI=1S/C15H16ClN3OS/c16-12-4-1-3-11(9-12)14(20)18-10-13-5-2-7-19(13)15-17-6-8-21-15/h1,3-4,6,8-9,13H,2,5,7,10H2,(H,18,20). The first-order valence-corrected chi connectivity index (χ1v) is 8.20. The van der Waals surface area contributed by atoms with Gasteiger partial charge in [-0.1, -0.05) is 17.7 Å². The molecule has 0 radical (unpaired) electrons. The monoisotopic (exact) mass is 321 g/mol. The first-order chi connectivity index (χ1) is 10.2. The maximum atomic E-state index is 12.1. The molecule has 4 nitrogen and oxygen atoms in total. The number of hydrogen-bond acceptors (Lipinski definition) is 4. The number of amides is 1. The van der Waals surface area contributed by atoms with Crippen molar-refractivity contribution in [3.63, 3.8) is 0 Å². The Hall–Kier alpha value is -1.59. The molecule has 0 aliphatic carbocycles. The van der Waals surface area contributed by atoms with E-state index in [0.717, 1.165) is 24.5 Å². The summed E-state index contributed by atoms with van der Waals surface area (Å²) in [6.45, 7) is 1.64. The summed E-state index contributed by atoms with van der Waals surface area (Å²) in [5, 5.41) is 6.59. The van der Waals surface area contributed by atoms with Gasteiger partial charge in [-0.3, -0.25) is 4.79 Å². The molecule has 21 heavy (non-hydrogen) atoms. The van der Waals surface area contributed by atoms with E-state index in [1.54, 1.807) is 35.6 Å². The summed E-state index contributed by atoms with van der Waals surface area (Å²) in [5.74, 6) is -0.0801. The number of benzene rings is 1. The SMILES string of the molecule is O=C(NCC1CCCN1c1nccs1)c1cccc(Cl)c1. The van der Waals surface area contributed by atoms with Crippen molar-refractivity contribution in [2.45, 2.75) is 18.9 Å². The van der Waals surface area contributed by atoms with Gasteiger partial charge < -0.3 is 10.2 Å². The minimum Gasteiger partial charge on any atom is -0.350 e. The number of carbonyl (C=O) groups is 1. The molecule has 1 aromatic heterocycles. The lowest BCUT2D eigenvalue weighted by Crippen LogP contribution is -2.40. The van der Waals surface area contributed by atoms with Crippen molar-refractivity contribution < 1.29 is 4.79 Å². The highest BCUT2D eigenvalue weighted by Crippen LogP contribution is 2.26. The Bertz CT molecular complexity index is 617. The van der Waals surface area contributed by atoms with Crippen LogP contribution in [0.1, 0.15) is 23.2 Å². The number of nitrogens with zero attached hydrogens (tertiary/aromatic N) is 2. The molecule has 2 aromatic rings. The third kappa shape index (κ3) is 3.36. The van der Waals surface area contributed by atoms with Crippen molar-refractivity contribution in [2.75, 3.05) is 18.0 Å². The number of carbonyl (C=O) groups excluding carboxylic acids is 1. The topological polar surface area (TPSA) is 45.2 Å². The van der Waals surface area contributed by atoms with Crippen molar-refractivity contribution >= 4 is 34.0 Å². The maximum Gasteiger partial charge on any atom is 0.251 e. The summed E-state index contributed by atoms with van der Waals surface area (Å²) in [5.41, 5.74) is 0.598. The number of aromatic nitrogens is 1. The molecule has 0 saturated carbocycles. The Morgan fingerprint density at radius 2 is 2.43 bits per heavy atom. The largest absolute Gasteiger partial charge is 0.350 e. The summed E-state index contributed by atoms with van der Waals surface area (Å²) in [7, 11) is 0. The zero-order chi connectivity index (χ0) is 14.7. The molecule has 1 aliphatic rings. The maximum absolute atomic E-state index is 12.1. The predicted molar refractivity (Wildman–Crippen MR) is 86.3 cm³/mol. The lowest BCUT2D eigenvalue weighted by molar-refractivity contribution is 0.0951. The highest BCUT2D eigenvalue weighted by atomic mass is 35.5. The molecule has 110 valence electrons. The van der Waals surface area contributed by atoms with E-state index in [4.69, 9.17) is 11.6 Å². The second-order valence-electron chi connectivity index (χ2n) is 5.02. The molecule has 0 spiro atoms. The Kier molecular flexibility index (Phi) is 4.41. The third-order valence-corrected chi connectivity index (χ3v) is 4.67. The number of anilines is 1. The van der Waals surface area contributed by atoms with E-state index in [0.29, 0.717) is 23.2 Å². The molecule has 1 amide bonds. The Morgan fingerprint density at radius 3 is 3.19 bits per heavy atom. The van der Waals surface area contributed by atoms with E-state index < -0.39 is 0 Å². The van der Waals surface area contributed by atoms with Crippen LogP contribution in [-0.4, -0.2) is 30.0 Å². The highest BCUT2D eigenvalue weighted by molar-refractivity contribution is 7.13. The van der Waals surface area contributed by atoms with E-state index in [1.807, 2.05) is 11.6 Å². The summed E-state index contributed by atoms with van der Waals surface area (Å²) in [4.78, 5) is 18.8. The minimum atomic E-state index is -0.0801. The molecular formula is C15H16ClN3OS. The molecule has 3 rings (SSSR count). The lowest BCUT2D eigenvalue weighted by Gasteiger charge is -2.24. The van der Waals surface area contributed by atoms with Gasteiger partial charge in [-0.15, -0.1) is 11.3 Å². The van der Waals surface area contributed by atoms with Crippen LogP contribution in [0.2, 0.25) is 5.02 Å². The van der Waals surface area contributed by atoms with Crippen molar-refractivity contribution in [1.82, 2.24) is 10.3 Å². The fourth-order valence-electron chi connectivity index (χ4n) is 2.60. The molecule has 1 saturated heterocycles. The van der Waals surface area contributed by atoms with E-state index in [1.165, 1.54) is 0 Å². The lowest BCUT2D eigenvalue weighted by atomic mass is 10.2. The molecule has 1 fully saturated rings. The van der Waals surface area contributed by atoms with Crippen LogP contribution in [0, 0.1) is 0 Å². The van der Waals surface area contributed by atoms with Gasteiger partial charge in [-0.2, -0.15) is 0 Å². The average Bonchev–Trinajstić information content (AvgIpc) is 3.15. The van der Waals surface area contributed by atoms with Gasteiger partial charge in [0.25, 0.3) is 5.91 Å². The Balaban J connectivity index is 1.61. The zero-order valence-electron chi connectivity index (χ0n) is 11.5. The number of halogens is 1. The first-order valence-electron chi connectivity index (χ1n) is 6.94.